The Bertz CT molecular complexity index is 1490. The van der Waals surface area contributed by atoms with E-state index in [0.717, 1.165) is 41.1 Å². The number of nitrogens with one attached hydrogen (secondary N) is 1. The van der Waals surface area contributed by atoms with E-state index in [1.165, 1.54) is 17.0 Å². The van der Waals surface area contributed by atoms with Gasteiger partial charge in [-0.1, -0.05) is 42.7 Å². The molecule has 0 aliphatic heterocycles. The van der Waals surface area contributed by atoms with Crippen molar-refractivity contribution in [2.45, 2.75) is 70.0 Å². The summed E-state index contributed by atoms with van der Waals surface area (Å²) < 4.78 is 40.0. The first kappa shape index (κ1) is 31.9. The van der Waals surface area contributed by atoms with E-state index in [9.17, 15) is 18.0 Å². The Labute approximate surface area is 254 Å². The van der Waals surface area contributed by atoms with Gasteiger partial charge in [0, 0.05) is 12.6 Å². The third-order valence-electron chi connectivity index (χ3n) is 7.68. The van der Waals surface area contributed by atoms with Crippen LogP contribution in [0.1, 0.15) is 50.7 Å². The summed E-state index contributed by atoms with van der Waals surface area (Å²) in [6, 6.07) is 19.6. The number of rotatable bonds is 13. The van der Waals surface area contributed by atoms with E-state index in [2.05, 4.69) is 5.32 Å². The number of anilines is 1. The number of carbonyl (C=O) groups is 2. The minimum atomic E-state index is -4.15. The molecule has 1 saturated carbocycles. The van der Waals surface area contributed by atoms with Crippen molar-refractivity contribution in [2.75, 3.05) is 24.6 Å². The van der Waals surface area contributed by atoms with Gasteiger partial charge >= 0.3 is 0 Å². The first-order valence-corrected chi connectivity index (χ1v) is 16.1. The highest BCUT2D eigenvalue weighted by Gasteiger charge is 2.33. The van der Waals surface area contributed by atoms with Gasteiger partial charge in [0.05, 0.1) is 24.3 Å². The van der Waals surface area contributed by atoms with Crippen LogP contribution in [0.15, 0.2) is 77.7 Å². The van der Waals surface area contributed by atoms with Crippen molar-refractivity contribution >= 4 is 27.5 Å². The predicted octanol–water partition coefficient (Wildman–Crippen LogP) is 5.07. The van der Waals surface area contributed by atoms with Crippen LogP contribution in [0.3, 0.4) is 0 Å². The summed E-state index contributed by atoms with van der Waals surface area (Å²) in [6.45, 7) is 5.47. The van der Waals surface area contributed by atoms with Crippen LogP contribution in [0, 0.1) is 6.92 Å². The maximum absolute atomic E-state index is 14.2. The molecule has 4 rings (SSSR count). The lowest BCUT2D eigenvalue weighted by atomic mass is 10.1. The molecule has 3 aromatic carbocycles. The van der Waals surface area contributed by atoms with Gasteiger partial charge in [0.1, 0.15) is 24.1 Å². The Hall–Kier alpha value is -4.05. The second-order valence-electron chi connectivity index (χ2n) is 10.8. The first-order chi connectivity index (χ1) is 20.6. The smallest absolute Gasteiger partial charge is 0.264 e. The molecule has 1 fully saturated rings. The van der Waals surface area contributed by atoms with Crippen molar-refractivity contribution in [1.29, 1.82) is 0 Å². The van der Waals surface area contributed by atoms with Gasteiger partial charge in [0.2, 0.25) is 11.8 Å². The van der Waals surface area contributed by atoms with Crippen molar-refractivity contribution < 1.29 is 27.5 Å². The normalized spacial score (nSPS) is 14.1. The average molecular weight is 608 g/mol. The Morgan fingerprint density at radius 3 is 2.28 bits per heavy atom. The molecule has 1 N–H and O–H groups in total. The fourth-order valence-electron chi connectivity index (χ4n) is 5.18. The number of hydrogen-bond donors (Lipinski definition) is 1. The molecule has 9 nitrogen and oxygen atoms in total. The number of ether oxygens (including phenoxy) is 2. The molecule has 230 valence electrons. The average Bonchev–Trinajstić information content (AvgIpc) is 3.52. The first-order valence-electron chi connectivity index (χ1n) is 14.7. The lowest BCUT2D eigenvalue weighted by Gasteiger charge is -2.32. The highest BCUT2D eigenvalue weighted by atomic mass is 32.2. The van der Waals surface area contributed by atoms with E-state index in [0.29, 0.717) is 23.8 Å². The second kappa shape index (κ2) is 14.4. The van der Waals surface area contributed by atoms with Crippen LogP contribution in [0.4, 0.5) is 5.69 Å². The monoisotopic (exact) mass is 607 g/mol. The Kier molecular flexibility index (Phi) is 10.7. The van der Waals surface area contributed by atoms with Crippen LogP contribution in [-0.4, -0.2) is 57.5 Å². The molecule has 43 heavy (non-hydrogen) atoms. The van der Waals surface area contributed by atoms with E-state index in [-0.39, 0.29) is 23.4 Å². The standard InChI is InChI=1S/C33H41N3O6S/c1-5-42-29-17-15-28(16-18-29)36(43(39,40)31-19-13-24(2)14-20-31)23-32(37)35(22-26-9-8-12-30(21-26)41-4)25(3)33(38)34-27-10-6-7-11-27/h8-9,12-21,25,27H,5-7,10-11,22-23H2,1-4H3,(H,34,38)/t25-/m1/s1. The van der Waals surface area contributed by atoms with Crippen molar-refractivity contribution in [3.63, 3.8) is 0 Å². The molecule has 2 amide bonds. The summed E-state index contributed by atoms with van der Waals surface area (Å²) in [5.74, 6) is 0.423. The number of aryl methyl sites for hydroxylation is 1. The van der Waals surface area contributed by atoms with E-state index < -0.39 is 28.5 Å². The summed E-state index contributed by atoms with van der Waals surface area (Å²) in [7, 11) is -2.59. The van der Waals surface area contributed by atoms with Gasteiger partial charge < -0.3 is 19.7 Å². The number of amides is 2. The molecule has 3 aromatic rings. The number of carbonyl (C=O) groups excluding carboxylic acids is 2. The molecule has 0 saturated heterocycles. The van der Waals surface area contributed by atoms with Crippen LogP contribution in [-0.2, 0) is 26.2 Å². The van der Waals surface area contributed by atoms with Crippen LogP contribution in [0.25, 0.3) is 0 Å². The highest BCUT2D eigenvalue weighted by Crippen LogP contribution is 2.27. The van der Waals surface area contributed by atoms with Gasteiger partial charge in [-0.3, -0.25) is 13.9 Å². The number of methoxy groups -OCH3 is 1. The molecular weight excluding hydrogens is 566 g/mol. The molecule has 1 atom stereocenters. The Balaban J connectivity index is 1.69. The minimum absolute atomic E-state index is 0.0613. The maximum Gasteiger partial charge on any atom is 0.264 e. The van der Waals surface area contributed by atoms with Crippen molar-refractivity contribution in [3.05, 3.63) is 83.9 Å². The van der Waals surface area contributed by atoms with Crippen molar-refractivity contribution in [1.82, 2.24) is 10.2 Å². The zero-order chi connectivity index (χ0) is 31.0. The molecule has 10 heteroatoms. The number of sulfonamides is 1. The van der Waals surface area contributed by atoms with E-state index in [4.69, 9.17) is 9.47 Å². The zero-order valence-corrected chi connectivity index (χ0v) is 26.1. The number of hydrogen-bond acceptors (Lipinski definition) is 6. The van der Waals surface area contributed by atoms with Crippen LogP contribution < -0.4 is 19.1 Å². The molecule has 0 bridgehead atoms. The maximum atomic E-state index is 14.2. The fraction of sp³-hybridized carbons (Fsp3) is 0.394. The summed E-state index contributed by atoms with van der Waals surface area (Å²) >= 11 is 0. The van der Waals surface area contributed by atoms with E-state index >= 15 is 0 Å². The Morgan fingerprint density at radius 1 is 0.977 bits per heavy atom. The van der Waals surface area contributed by atoms with Crippen molar-refractivity contribution in [3.8, 4) is 11.5 Å². The topological polar surface area (TPSA) is 105 Å². The molecule has 0 spiro atoms. The quantitative estimate of drug-likeness (QED) is 0.291. The number of benzene rings is 3. The van der Waals surface area contributed by atoms with Gasteiger partial charge in [-0.05, 0) is 87.7 Å². The predicted molar refractivity (Wildman–Crippen MR) is 167 cm³/mol. The highest BCUT2D eigenvalue weighted by molar-refractivity contribution is 7.92. The minimum Gasteiger partial charge on any atom is -0.497 e. The van der Waals surface area contributed by atoms with Gasteiger partial charge in [0.15, 0.2) is 0 Å². The molecule has 1 aliphatic carbocycles. The molecule has 0 heterocycles. The molecule has 0 aromatic heterocycles. The summed E-state index contributed by atoms with van der Waals surface area (Å²) in [6.07, 6.45) is 3.92. The van der Waals surface area contributed by atoms with Crippen molar-refractivity contribution in [2.24, 2.45) is 0 Å². The molecule has 1 aliphatic rings. The number of nitrogens with zero attached hydrogens (tertiary/aromatic N) is 2. The van der Waals surface area contributed by atoms with E-state index in [1.807, 2.05) is 26.0 Å². The third-order valence-corrected chi connectivity index (χ3v) is 9.47. The third kappa shape index (κ3) is 8.07. The zero-order valence-electron chi connectivity index (χ0n) is 25.3. The van der Waals surface area contributed by atoms with Gasteiger partial charge in [-0.2, -0.15) is 0 Å². The summed E-state index contributed by atoms with van der Waals surface area (Å²) in [5.41, 5.74) is 1.97. The molecule has 0 unspecified atom stereocenters. The molecule has 0 radical (unpaired) electrons. The molecular formula is C33H41N3O6S. The fourth-order valence-corrected chi connectivity index (χ4v) is 6.60. The van der Waals surface area contributed by atoms with Crippen LogP contribution >= 0.6 is 0 Å². The van der Waals surface area contributed by atoms with Crippen LogP contribution in [0.2, 0.25) is 0 Å². The lowest BCUT2D eigenvalue weighted by molar-refractivity contribution is -0.139. The SMILES string of the molecule is CCOc1ccc(N(CC(=O)N(Cc2cccc(OC)c2)[C@H](C)C(=O)NC2CCCC2)S(=O)(=O)c2ccc(C)cc2)cc1. The summed E-state index contributed by atoms with van der Waals surface area (Å²) in [4.78, 5) is 29.0. The van der Waals surface area contributed by atoms with Gasteiger partial charge in [-0.15, -0.1) is 0 Å². The second-order valence-corrected chi connectivity index (χ2v) is 12.7. The Morgan fingerprint density at radius 2 is 1.65 bits per heavy atom. The van der Waals surface area contributed by atoms with Gasteiger partial charge in [0.25, 0.3) is 10.0 Å². The lowest BCUT2D eigenvalue weighted by Crippen LogP contribution is -2.52. The van der Waals surface area contributed by atoms with E-state index in [1.54, 1.807) is 62.6 Å². The van der Waals surface area contributed by atoms with Gasteiger partial charge in [-0.25, -0.2) is 8.42 Å². The summed E-state index contributed by atoms with van der Waals surface area (Å²) in [5, 5.41) is 3.08. The largest absolute Gasteiger partial charge is 0.497 e. The van der Waals surface area contributed by atoms with Crippen LogP contribution in [0.5, 0.6) is 11.5 Å².